The van der Waals surface area contributed by atoms with Crippen LogP contribution in [-0.2, 0) is 29.5 Å². The topological polar surface area (TPSA) is 17.1 Å². The zero-order valence-electron chi connectivity index (χ0n) is 26.4. The molecule has 0 unspecified atom stereocenters. The van der Waals surface area contributed by atoms with Crippen molar-refractivity contribution in [2.45, 2.75) is 31.6 Å². The van der Waals surface area contributed by atoms with Gasteiger partial charge in [-0.3, -0.25) is 4.79 Å². The number of ketones is 1. The van der Waals surface area contributed by atoms with Crippen LogP contribution in [0.25, 0.3) is 22.3 Å². The van der Waals surface area contributed by atoms with Gasteiger partial charge in [-0.25, -0.2) is 0 Å². The van der Waals surface area contributed by atoms with Gasteiger partial charge in [-0.15, -0.1) is 0 Å². The molecular weight excluding hydrogens is 712 g/mol. The number of benzene rings is 4. The molecule has 4 aromatic carbocycles. The molecule has 0 bridgehead atoms. The summed E-state index contributed by atoms with van der Waals surface area (Å²) >= 11 is 0. The van der Waals surface area contributed by atoms with Crippen molar-refractivity contribution < 1.29 is 57.5 Å². The Morgan fingerprint density at radius 2 is 0.692 bits per heavy atom. The van der Waals surface area contributed by atoms with E-state index in [1.807, 2.05) is 0 Å². The molecule has 52 heavy (non-hydrogen) atoms. The molecule has 0 fully saturated rings. The van der Waals surface area contributed by atoms with E-state index >= 15 is 0 Å². The van der Waals surface area contributed by atoms with Gasteiger partial charge in [0.1, 0.15) is 0 Å². The first-order valence-electron chi connectivity index (χ1n) is 15.2. The Balaban J connectivity index is 1.79. The van der Waals surface area contributed by atoms with Crippen LogP contribution in [0.5, 0.6) is 0 Å². The van der Waals surface area contributed by atoms with E-state index in [2.05, 4.69) is 0 Å². The average Bonchev–Trinajstić information content (AvgIpc) is 3.37. The maximum Gasteiger partial charge on any atom is 0.416 e. The number of carbonyl (C=O) groups is 1. The Labute approximate surface area is 287 Å². The van der Waals surface area contributed by atoms with Crippen molar-refractivity contribution in [3.05, 3.63) is 165 Å². The summed E-state index contributed by atoms with van der Waals surface area (Å²) in [5, 5.41) is 0. The molecule has 0 atom stereocenters. The van der Waals surface area contributed by atoms with Crippen LogP contribution in [0.4, 0.5) is 52.7 Å². The quantitative estimate of drug-likeness (QED) is 0.191. The molecule has 0 aliphatic heterocycles. The van der Waals surface area contributed by atoms with Crippen molar-refractivity contribution in [1.82, 2.24) is 0 Å². The van der Waals surface area contributed by atoms with Crippen LogP contribution in [-0.4, -0.2) is 5.78 Å². The lowest BCUT2D eigenvalue weighted by Gasteiger charge is -2.37. The normalized spacial score (nSPS) is 16.6. The van der Waals surface area contributed by atoms with E-state index in [4.69, 9.17) is 0 Å². The number of carbonyl (C=O) groups excluding carboxylic acids is 1. The molecule has 13 heteroatoms. The summed E-state index contributed by atoms with van der Waals surface area (Å²) in [6, 6.07) is 14.9. The summed E-state index contributed by atoms with van der Waals surface area (Å²) in [6.45, 7) is 1.50. The van der Waals surface area contributed by atoms with E-state index in [1.165, 1.54) is 19.1 Å². The molecule has 2 aliphatic rings. The van der Waals surface area contributed by atoms with Gasteiger partial charge in [0.25, 0.3) is 0 Å². The molecule has 0 saturated heterocycles. The molecule has 0 amide bonds. The Hall–Kier alpha value is -5.33. The predicted molar refractivity (Wildman–Crippen MR) is 170 cm³/mol. The van der Waals surface area contributed by atoms with Gasteiger partial charge < -0.3 is 0 Å². The largest absolute Gasteiger partial charge is 0.416 e. The van der Waals surface area contributed by atoms with E-state index < -0.39 is 58.2 Å². The van der Waals surface area contributed by atoms with E-state index in [9.17, 15) is 57.5 Å². The monoisotopic (exact) mass is 734 g/mol. The lowest BCUT2D eigenvalue weighted by Crippen LogP contribution is -2.25. The summed E-state index contributed by atoms with van der Waals surface area (Å²) < 4.78 is 164. The van der Waals surface area contributed by atoms with Crippen molar-refractivity contribution in [3.8, 4) is 0 Å². The fourth-order valence-corrected chi connectivity index (χ4v) is 6.67. The SMILES string of the molecule is CC1=CC(=O)C=CC12C(c1ccc(C(F)(F)F)cc1)=C(c1ccc(C(F)(F)F)cc1)C(c1ccc(C(F)(F)F)cc1)=C2c1ccc(C(F)(F)F)cc1. The van der Waals surface area contributed by atoms with E-state index in [1.54, 1.807) is 0 Å². The van der Waals surface area contributed by atoms with Crippen molar-refractivity contribution in [2.24, 2.45) is 5.41 Å². The van der Waals surface area contributed by atoms with Crippen LogP contribution in [0, 0.1) is 5.41 Å². The van der Waals surface area contributed by atoms with Gasteiger partial charge in [-0.05, 0) is 112 Å². The molecular formula is C39H22F12O. The molecule has 268 valence electrons. The summed E-state index contributed by atoms with van der Waals surface area (Å²) in [4.78, 5) is 12.7. The fourth-order valence-electron chi connectivity index (χ4n) is 6.67. The summed E-state index contributed by atoms with van der Waals surface area (Å²) in [6.07, 6.45) is -15.3. The second-order valence-corrected chi connectivity index (χ2v) is 12.2. The summed E-state index contributed by atoms with van der Waals surface area (Å²) in [7, 11) is 0. The smallest absolute Gasteiger partial charge is 0.290 e. The third kappa shape index (κ3) is 6.48. The van der Waals surface area contributed by atoms with Crippen LogP contribution < -0.4 is 0 Å². The zero-order chi connectivity index (χ0) is 38.0. The third-order valence-electron chi connectivity index (χ3n) is 9.02. The molecule has 1 spiro atoms. The number of halogens is 12. The standard InChI is InChI=1S/C39H22F12O/c1-21-20-30(52)18-19-35(21)33(24-6-14-28(15-7-24)38(46,47)48)31(22-2-10-26(11-3-22)36(40,41)42)32(23-4-12-27(13-5-23)37(43,44)45)34(35)25-8-16-29(17-9-25)39(49,50)51/h2-20H,1H3. The lowest BCUT2D eigenvalue weighted by molar-refractivity contribution is -0.138. The van der Waals surface area contributed by atoms with Gasteiger partial charge in [0.05, 0.1) is 27.7 Å². The number of hydrogen-bond donors (Lipinski definition) is 0. The summed E-state index contributed by atoms with van der Waals surface area (Å²) in [5.41, 5.74) is -4.97. The molecule has 0 saturated carbocycles. The molecule has 6 rings (SSSR count). The van der Waals surface area contributed by atoms with Crippen molar-refractivity contribution in [3.63, 3.8) is 0 Å². The van der Waals surface area contributed by atoms with E-state index in [-0.39, 0.29) is 50.1 Å². The Morgan fingerprint density at radius 1 is 0.423 bits per heavy atom. The van der Waals surface area contributed by atoms with E-state index in [0.717, 1.165) is 103 Å². The lowest BCUT2D eigenvalue weighted by atomic mass is 9.65. The third-order valence-corrected chi connectivity index (χ3v) is 9.02. The Bertz CT molecular complexity index is 2020. The molecule has 0 radical (unpaired) electrons. The van der Waals surface area contributed by atoms with Gasteiger partial charge >= 0.3 is 24.7 Å². The average molecular weight is 735 g/mol. The molecule has 4 aromatic rings. The fraction of sp³-hybridized carbons (Fsp3) is 0.154. The second kappa shape index (κ2) is 12.4. The number of alkyl halides is 12. The minimum Gasteiger partial charge on any atom is -0.290 e. The first kappa shape index (κ1) is 36.5. The van der Waals surface area contributed by atoms with Crippen molar-refractivity contribution in [1.29, 1.82) is 0 Å². The minimum atomic E-state index is -4.77. The highest BCUT2D eigenvalue weighted by Crippen LogP contribution is 2.65. The zero-order valence-corrected chi connectivity index (χ0v) is 26.4. The first-order chi connectivity index (χ1) is 24.1. The van der Waals surface area contributed by atoms with Crippen LogP contribution in [0.1, 0.15) is 51.4 Å². The number of rotatable bonds is 4. The van der Waals surface area contributed by atoms with Crippen LogP contribution in [0.2, 0.25) is 0 Å². The van der Waals surface area contributed by atoms with Gasteiger partial charge in [0.15, 0.2) is 5.78 Å². The van der Waals surface area contributed by atoms with Gasteiger partial charge in [-0.2, -0.15) is 52.7 Å². The van der Waals surface area contributed by atoms with Gasteiger partial charge in [0, 0.05) is 0 Å². The van der Waals surface area contributed by atoms with Crippen molar-refractivity contribution in [2.75, 3.05) is 0 Å². The van der Waals surface area contributed by atoms with E-state index in [0.29, 0.717) is 0 Å². The maximum atomic E-state index is 13.7. The van der Waals surface area contributed by atoms with Crippen LogP contribution in [0.15, 0.2) is 121 Å². The van der Waals surface area contributed by atoms with Gasteiger partial charge in [-0.1, -0.05) is 60.2 Å². The highest BCUT2D eigenvalue weighted by Gasteiger charge is 2.50. The molecule has 0 heterocycles. The first-order valence-corrected chi connectivity index (χ1v) is 15.2. The maximum absolute atomic E-state index is 13.7. The second-order valence-electron chi connectivity index (χ2n) is 12.2. The molecule has 1 nitrogen and oxygen atoms in total. The van der Waals surface area contributed by atoms with Gasteiger partial charge in [0.2, 0.25) is 0 Å². The molecule has 2 aliphatic carbocycles. The number of hydrogen-bond acceptors (Lipinski definition) is 1. The highest BCUT2D eigenvalue weighted by molar-refractivity contribution is 6.32. The Kier molecular flexibility index (Phi) is 8.71. The summed E-state index contributed by atoms with van der Waals surface area (Å²) in [5.74, 6) is -0.513. The number of allylic oxidation sites excluding steroid dienone is 8. The predicted octanol–water partition coefficient (Wildman–Crippen LogP) is 12.4. The Morgan fingerprint density at radius 3 is 0.942 bits per heavy atom. The van der Waals surface area contributed by atoms with Crippen LogP contribution >= 0.6 is 0 Å². The highest BCUT2D eigenvalue weighted by atomic mass is 19.4. The van der Waals surface area contributed by atoms with Crippen molar-refractivity contribution >= 4 is 28.1 Å². The van der Waals surface area contributed by atoms with Crippen LogP contribution in [0.3, 0.4) is 0 Å². The molecule has 0 aromatic heterocycles. The minimum absolute atomic E-state index is 0.0529. The molecule has 0 N–H and O–H groups in total.